The lowest BCUT2D eigenvalue weighted by atomic mass is 9.94. The molecule has 0 aliphatic carbocycles. The first-order chi connectivity index (χ1) is 14.0. The number of nitrogens with zero attached hydrogens (tertiary/aromatic N) is 2. The van der Waals surface area contributed by atoms with E-state index in [1.54, 1.807) is 0 Å². The quantitative estimate of drug-likeness (QED) is 0.579. The van der Waals surface area contributed by atoms with Crippen molar-refractivity contribution >= 4 is 27.5 Å². The number of hydrogen-bond donors (Lipinski definition) is 0. The third-order valence-electron chi connectivity index (χ3n) is 5.32. The van der Waals surface area contributed by atoms with Crippen LogP contribution in [0.15, 0.2) is 42.5 Å². The van der Waals surface area contributed by atoms with Gasteiger partial charge in [-0.1, -0.05) is 48.6 Å². The van der Waals surface area contributed by atoms with Crippen LogP contribution in [0.2, 0.25) is 0 Å². The van der Waals surface area contributed by atoms with Gasteiger partial charge in [0, 0.05) is 32.0 Å². The van der Waals surface area contributed by atoms with Crippen LogP contribution >= 0.6 is 11.3 Å². The fraction of sp³-hybridized carbons (Fsp3) is 0.364. The normalized spacial score (nSPS) is 16.2. The van der Waals surface area contributed by atoms with Crippen molar-refractivity contribution in [2.75, 3.05) is 13.1 Å². The molecule has 1 aliphatic heterocycles. The topological polar surface area (TPSA) is 42.4 Å². The molecule has 1 aromatic heterocycles. The summed E-state index contributed by atoms with van der Waals surface area (Å²) in [5.41, 5.74) is 1.18. The first-order valence-corrected chi connectivity index (χ1v) is 10.6. The second-order valence-corrected chi connectivity index (χ2v) is 8.22. The number of halogens is 2. The van der Waals surface area contributed by atoms with Crippen LogP contribution in [-0.2, 0) is 4.79 Å². The lowest BCUT2D eigenvalue weighted by molar-refractivity contribution is -0.134. The van der Waals surface area contributed by atoms with Gasteiger partial charge in [0.25, 0.3) is 5.19 Å². The number of fused-ring (bicyclic) bond motifs is 1. The average Bonchev–Trinajstić information content (AvgIpc) is 3.12. The molecule has 4 nitrogen and oxygen atoms in total. The van der Waals surface area contributed by atoms with Crippen LogP contribution in [0.3, 0.4) is 0 Å². The zero-order valence-electron chi connectivity index (χ0n) is 16.1. The zero-order valence-corrected chi connectivity index (χ0v) is 16.9. The molecule has 1 atom stereocenters. The molecule has 1 fully saturated rings. The monoisotopic (exact) mass is 416 g/mol. The molecule has 29 heavy (non-hydrogen) atoms. The van der Waals surface area contributed by atoms with Crippen molar-refractivity contribution in [3.63, 3.8) is 0 Å². The maximum Gasteiger partial charge on any atom is 0.274 e. The van der Waals surface area contributed by atoms with Crippen LogP contribution in [0, 0.1) is 11.6 Å². The van der Waals surface area contributed by atoms with Gasteiger partial charge in [0.2, 0.25) is 5.91 Å². The molecule has 1 aliphatic rings. The largest absolute Gasteiger partial charge is 0.467 e. The van der Waals surface area contributed by atoms with E-state index < -0.39 is 11.6 Å². The van der Waals surface area contributed by atoms with Crippen LogP contribution in [0.5, 0.6) is 5.19 Å². The molecule has 1 amide bonds. The molecule has 2 heterocycles. The highest BCUT2D eigenvalue weighted by Crippen LogP contribution is 2.32. The number of hydrogen-bond acceptors (Lipinski definition) is 4. The van der Waals surface area contributed by atoms with Crippen molar-refractivity contribution in [2.24, 2.45) is 0 Å². The molecule has 1 unspecified atom stereocenters. The first kappa shape index (κ1) is 19.8. The highest BCUT2D eigenvalue weighted by molar-refractivity contribution is 7.20. The van der Waals surface area contributed by atoms with Gasteiger partial charge in [-0.05, 0) is 18.1 Å². The van der Waals surface area contributed by atoms with Crippen molar-refractivity contribution in [2.45, 2.75) is 38.2 Å². The second-order valence-electron chi connectivity index (χ2n) is 7.23. The summed E-state index contributed by atoms with van der Waals surface area (Å²) >= 11 is 1.14. The summed E-state index contributed by atoms with van der Waals surface area (Å²) in [5, 5.41) is 0.338. The molecule has 0 radical (unpaired) electrons. The Labute approximate surface area is 172 Å². The van der Waals surface area contributed by atoms with Gasteiger partial charge in [-0.15, -0.1) is 0 Å². The van der Waals surface area contributed by atoms with Crippen LogP contribution < -0.4 is 4.74 Å². The van der Waals surface area contributed by atoms with E-state index in [-0.39, 0.29) is 23.4 Å². The molecule has 0 bridgehead atoms. The summed E-state index contributed by atoms with van der Waals surface area (Å²) in [6.45, 7) is 3.25. The van der Waals surface area contributed by atoms with E-state index in [0.29, 0.717) is 35.8 Å². The Balaban J connectivity index is 1.38. The standard InChI is InChI=1S/C22H22F2N2O2S/c1-2-17(14-6-4-3-5-7-14)21(27)26-10-8-16(9-11-26)28-22-25-20-18(24)12-15(23)13-19(20)29-22/h3-7,12-13,16-17H,2,8-11H2,1H3. The highest BCUT2D eigenvalue weighted by Gasteiger charge is 2.29. The van der Waals surface area contributed by atoms with Crippen molar-refractivity contribution in [1.29, 1.82) is 0 Å². The molecule has 0 N–H and O–H groups in total. The molecule has 152 valence electrons. The van der Waals surface area contributed by atoms with Crippen molar-refractivity contribution in [3.8, 4) is 5.19 Å². The van der Waals surface area contributed by atoms with Crippen LogP contribution in [-0.4, -0.2) is 35.0 Å². The number of aromatic nitrogens is 1. The predicted octanol–water partition coefficient (Wildman–Crippen LogP) is 5.14. The number of likely N-dealkylation sites (tertiary alicyclic amines) is 1. The van der Waals surface area contributed by atoms with E-state index >= 15 is 0 Å². The molecule has 2 aromatic carbocycles. The molecule has 0 saturated carbocycles. The van der Waals surface area contributed by atoms with E-state index in [0.717, 1.165) is 29.4 Å². The molecule has 4 rings (SSSR count). The number of carbonyl (C=O) groups excluding carboxylic acids is 1. The van der Waals surface area contributed by atoms with Gasteiger partial charge < -0.3 is 9.64 Å². The Morgan fingerprint density at radius 2 is 1.97 bits per heavy atom. The minimum absolute atomic E-state index is 0.0932. The number of thiazole rings is 1. The Bertz CT molecular complexity index is 1000. The minimum atomic E-state index is -0.682. The maximum absolute atomic E-state index is 13.8. The van der Waals surface area contributed by atoms with Crippen LogP contribution in [0.4, 0.5) is 8.78 Å². The van der Waals surface area contributed by atoms with Crippen molar-refractivity contribution in [1.82, 2.24) is 9.88 Å². The molecule has 3 aromatic rings. The summed E-state index contributed by atoms with van der Waals surface area (Å²) in [5.74, 6) is -1.29. The van der Waals surface area contributed by atoms with Gasteiger partial charge in [-0.3, -0.25) is 4.79 Å². The Morgan fingerprint density at radius 3 is 2.66 bits per heavy atom. The molecular formula is C22H22F2N2O2S. The van der Waals surface area contributed by atoms with Gasteiger partial charge in [-0.2, -0.15) is 4.98 Å². The molecular weight excluding hydrogens is 394 g/mol. The van der Waals surface area contributed by atoms with Gasteiger partial charge in [-0.25, -0.2) is 8.78 Å². The summed E-state index contributed by atoms with van der Waals surface area (Å²) in [6, 6.07) is 11.9. The summed E-state index contributed by atoms with van der Waals surface area (Å²) in [6.07, 6.45) is 2.03. The number of benzene rings is 2. The minimum Gasteiger partial charge on any atom is -0.467 e. The van der Waals surface area contributed by atoms with Crippen LogP contribution in [0.25, 0.3) is 10.2 Å². The van der Waals surface area contributed by atoms with Crippen molar-refractivity contribution < 1.29 is 18.3 Å². The zero-order chi connectivity index (χ0) is 20.4. The van der Waals surface area contributed by atoms with Crippen molar-refractivity contribution in [3.05, 3.63) is 59.7 Å². The Morgan fingerprint density at radius 1 is 1.24 bits per heavy atom. The average molecular weight is 416 g/mol. The number of carbonyl (C=O) groups is 1. The van der Waals surface area contributed by atoms with Crippen LogP contribution in [0.1, 0.15) is 37.7 Å². The summed E-state index contributed by atoms with van der Waals surface area (Å²) in [7, 11) is 0. The van der Waals surface area contributed by atoms with Gasteiger partial charge in [0.15, 0.2) is 5.82 Å². The SMILES string of the molecule is CCC(C(=O)N1CCC(Oc2nc3c(F)cc(F)cc3s2)CC1)c1ccccc1. The van der Waals surface area contributed by atoms with E-state index in [1.165, 1.54) is 6.07 Å². The third-order valence-corrected chi connectivity index (χ3v) is 6.22. The lowest BCUT2D eigenvalue weighted by Gasteiger charge is -2.33. The first-order valence-electron chi connectivity index (χ1n) is 9.81. The summed E-state index contributed by atoms with van der Waals surface area (Å²) in [4.78, 5) is 19.0. The third kappa shape index (κ3) is 4.24. The van der Waals surface area contributed by atoms with E-state index in [4.69, 9.17) is 4.74 Å². The second kappa shape index (κ2) is 8.45. The maximum atomic E-state index is 13.8. The number of rotatable bonds is 5. The van der Waals surface area contributed by atoms with E-state index in [9.17, 15) is 13.6 Å². The lowest BCUT2D eigenvalue weighted by Crippen LogP contribution is -2.43. The Kier molecular flexibility index (Phi) is 5.76. The highest BCUT2D eigenvalue weighted by atomic mass is 32.1. The van der Waals surface area contributed by atoms with Gasteiger partial charge in [0.1, 0.15) is 17.4 Å². The van der Waals surface area contributed by atoms with Gasteiger partial charge >= 0.3 is 0 Å². The number of piperidine rings is 1. The smallest absolute Gasteiger partial charge is 0.274 e. The molecule has 1 saturated heterocycles. The predicted molar refractivity (Wildman–Crippen MR) is 109 cm³/mol. The summed E-state index contributed by atoms with van der Waals surface area (Å²) < 4.78 is 33.5. The number of ether oxygens (including phenoxy) is 1. The molecule has 0 spiro atoms. The van der Waals surface area contributed by atoms with E-state index in [1.807, 2.05) is 42.2 Å². The number of amides is 1. The molecule has 7 heteroatoms. The Hall–Kier alpha value is -2.54. The fourth-order valence-corrected chi connectivity index (χ4v) is 4.70. The fourth-order valence-electron chi connectivity index (χ4n) is 3.78. The van der Waals surface area contributed by atoms with E-state index in [2.05, 4.69) is 4.98 Å². The van der Waals surface area contributed by atoms with Gasteiger partial charge in [0.05, 0.1) is 10.6 Å².